The van der Waals surface area contributed by atoms with Crippen LogP contribution in [-0.2, 0) is 6.42 Å². The summed E-state index contributed by atoms with van der Waals surface area (Å²) in [6.07, 6.45) is 1.92. The van der Waals surface area contributed by atoms with Crippen molar-refractivity contribution < 1.29 is 18.1 Å². The van der Waals surface area contributed by atoms with Crippen molar-refractivity contribution in [1.82, 2.24) is 0 Å². The van der Waals surface area contributed by atoms with Gasteiger partial charge in [-0.05, 0) is 19.1 Å². The molecule has 1 unspecified atom stereocenters. The van der Waals surface area contributed by atoms with Gasteiger partial charge in [0.1, 0.15) is 17.3 Å². The molecule has 0 spiro atoms. The second-order valence-corrected chi connectivity index (χ2v) is 4.37. The lowest BCUT2D eigenvalue weighted by Gasteiger charge is -2.14. The summed E-state index contributed by atoms with van der Waals surface area (Å²) in [6.45, 7) is 1.72. The van der Waals surface area contributed by atoms with Gasteiger partial charge in [-0.15, -0.1) is 0 Å². The van der Waals surface area contributed by atoms with E-state index in [-0.39, 0.29) is 11.7 Å². The molecule has 1 aromatic heterocycles. The zero-order valence-corrected chi connectivity index (χ0v) is 10.6. The molecule has 0 fully saturated rings. The highest BCUT2D eigenvalue weighted by Gasteiger charge is 2.22. The van der Waals surface area contributed by atoms with Gasteiger partial charge in [0, 0.05) is 18.5 Å². The van der Waals surface area contributed by atoms with Crippen LogP contribution in [0.5, 0.6) is 0 Å². The van der Waals surface area contributed by atoms with Gasteiger partial charge in [0.2, 0.25) is 0 Å². The van der Waals surface area contributed by atoms with Gasteiger partial charge in [-0.1, -0.05) is 0 Å². The number of nitrogens with zero attached hydrogens (tertiary/aromatic N) is 1. The van der Waals surface area contributed by atoms with E-state index in [4.69, 9.17) is 4.42 Å². The van der Waals surface area contributed by atoms with Crippen molar-refractivity contribution >= 4 is 11.4 Å². The molecule has 106 valence electrons. The molecule has 0 radical (unpaired) electrons. The van der Waals surface area contributed by atoms with Gasteiger partial charge in [0.25, 0.3) is 5.69 Å². The molecule has 1 atom stereocenters. The zero-order valence-electron chi connectivity index (χ0n) is 10.6. The Balaban J connectivity index is 2.22. The van der Waals surface area contributed by atoms with Crippen molar-refractivity contribution in [3.05, 3.63) is 58.0 Å². The summed E-state index contributed by atoms with van der Waals surface area (Å²) in [5.74, 6) is -1.32. The normalized spacial score (nSPS) is 12.2. The maximum absolute atomic E-state index is 13.7. The number of nitro groups is 1. The van der Waals surface area contributed by atoms with Crippen LogP contribution in [0.2, 0.25) is 0 Å². The average Bonchev–Trinajstić information content (AvgIpc) is 2.84. The largest absolute Gasteiger partial charge is 0.469 e. The van der Waals surface area contributed by atoms with Crippen molar-refractivity contribution in [2.24, 2.45) is 0 Å². The van der Waals surface area contributed by atoms with Gasteiger partial charge in [-0.25, -0.2) is 8.78 Å². The minimum Gasteiger partial charge on any atom is -0.469 e. The topological polar surface area (TPSA) is 68.3 Å². The third kappa shape index (κ3) is 3.11. The van der Waals surface area contributed by atoms with E-state index in [0.29, 0.717) is 24.3 Å². The van der Waals surface area contributed by atoms with Crippen LogP contribution in [-0.4, -0.2) is 11.0 Å². The minimum atomic E-state index is -0.997. The fourth-order valence-electron chi connectivity index (χ4n) is 1.87. The standard InChI is InChI=1S/C13H12F2N2O3/c1-8(5-10-3-2-4-20-10)16-13-11(15)6-9(14)7-12(13)17(18)19/h2-4,6-8,16H,5H2,1H3. The fourth-order valence-corrected chi connectivity index (χ4v) is 1.87. The number of furan rings is 1. The van der Waals surface area contributed by atoms with Crippen LogP contribution in [0.15, 0.2) is 34.9 Å². The van der Waals surface area contributed by atoms with Crippen LogP contribution in [0.4, 0.5) is 20.2 Å². The van der Waals surface area contributed by atoms with Crippen molar-refractivity contribution in [3.63, 3.8) is 0 Å². The third-order valence-electron chi connectivity index (χ3n) is 2.71. The Kier molecular flexibility index (Phi) is 3.97. The van der Waals surface area contributed by atoms with Crippen LogP contribution < -0.4 is 5.32 Å². The molecule has 0 saturated heterocycles. The van der Waals surface area contributed by atoms with Crippen LogP contribution in [0.1, 0.15) is 12.7 Å². The summed E-state index contributed by atoms with van der Waals surface area (Å²) < 4.78 is 31.8. The fraction of sp³-hybridized carbons (Fsp3) is 0.231. The first-order valence-electron chi connectivity index (χ1n) is 5.89. The summed E-state index contributed by atoms with van der Waals surface area (Å²) in [5, 5.41) is 13.5. The number of nitro benzene ring substituents is 1. The van der Waals surface area contributed by atoms with Crippen LogP contribution >= 0.6 is 0 Å². The summed E-state index contributed by atoms with van der Waals surface area (Å²) in [5.41, 5.74) is -0.954. The van der Waals surface area contributed by atoms with Gasteiger partial charge in [-0.3, -0.25) is 10.1 Å². The van der Waals surface area contributed by atoms with Gasteiger partial charge >= 0.3 is 0 Å². The minimum absolute atomic E-state index is 0.320. The van der Waals surface area contributed by atoms with E-state index < -0.39 is 22.2 Å². The summed E-state index contributed by atoms with van der Waals surface area (Å²) in [4.78, 5) is 10.0. The van der Waals surface area contributed by atoms with Crippen molar-refractivity contribution in [1.29, 1.82) is 0 Å². The van der Waals surface area contributed by atoms with Gasteiger partial charge in [-0.2, -0.15) is 0 Å². The number of halogens is 2. The highest BCUT2D eigenvalue weighted by Crippen LogP contribution is 2.29. The van der Waals surface area contributed by atoms with Gasteiger partial charge in [0.05, 0.1) is 17.3 Å². The van der Waals surface area contributed by atoms with E-state index in [0.717, 1.165) is 0 Å². The zero-order chi connectivity index (χ0) is 14.7. The molecule has 0 bridgehead atoms. The molecule has 0 aliphatic carbocycles. The van der Waals surface area contributed by atoms with E-state index in [1.54, 1.807) is 19.1 Å². The molecule has 2 rings (SSSR count). The van der Waals surface area contributed by atoms with Crippen LogP contribution in [0, 0.1) is 21.7 Å². The smallest absolute Gasteiger partial charge is 0.298 e. The van der Waals surface area contributed by atoms with E-state index in [2.05, 4.69) is 5.32 Å². The van der Waals surface area contributed by atoms with E-state index >= 15 is 0 Å². The molecule has 7 heteroatoms. The Labute approximate surface area is 113 Å². The second kappa shape index (κ2) is 5.68. The number of nitrogens with one attached hydrogen (secondary N) is 1. The molecular formula is C13H12F2N2O3. The van der Waals surface area contributed by atoms with Gasteiger partial charge in [0.15, 0.2) is 5.82 Å². The number of hydrogen-bond acceptors (Lipinski definition) is 4. The summed E-state index contributed by atoms with van der Waals surface area (Å²) in [6, 6.07) is 4.43. The molecule has 0 saturated carbocycles. The molecule has 1 heterocycles. The maximum atomic E-state index is 13.7. The lowest BCUT2D eigenvalue weighted by molar-refractivity contribution is -0.384. The van der Waals surface area contributed by atoms with Crippen LogP contribution in [0.3, 0.4) is 0 Å². The Hall–Kier alpha value is -2.44. The SMILES string of the molecule is CC(Cc1ccco1)Nc1c(F)cc(F)cc1[N+](=O)[O-]. The van der Waals surface area contributed by atoms with E-state index in [9.17, 15) is 18.9 Å². The highest BCUT2D eigenvalue weighted by molar-refractivity contribution is 5.62. The first-order chi connectivity index (χ1) is 9.47. The Morgan fingerprint density at radius 1 is 1.45 bits per heavy atom. The molecule has 5 nitrogen and oxygen atoms in total. The highest BCUT2D eigenvalue weighted by atomic mass is 19.1. The predicted octanol–water partition coefficient (Wildman–Crippen LogP) is 3.51. The number of rotatable bonds is 5. The molecule has 1 N–H and O–H groups in total. The number of anilines is 1. The first-order valence-corrected chi connectivity index (χ1v) is 5.89. The number of hydrogen-bond donors (Lipinski definition) is 1. The summed E-state index contributed by atoms with van der Waals surface area (Å²) in [7, 11) is 0. The molecule has 0 aliphatic heterocycles. The molecule has 0 amide bonds. The average molecular weight is 282 g/mol. The van der Waals surface area contributed by atoms with Crippen molar-refractivity contribution in [2.45, 2.75) is 19.4 Å². The van der Waals surface area contributed by atoms with Crippen molar-refractivity contribution in [2.75, 3.05) is 5.32 Å². The third-order valence-corrected chi connectivity index (χ3v) is 2.71. The summed E-state index contributed by atoms with van der Waals surface area (Å²) >= 11 is 0. The molecule has 20 heavy (non-hydrogen) atoms. The molecule has 2 aromatic rings. The predicted molar refractivity (Wildman–Crippen MR) is 68.5 cm³/mol. The lowest BCUT2D eigenvalue weighted by Crippen LogP contribution is -2.19. The monoisotopic (exact) mass is 282 g/mol. The molecule has 0 aliphatic rings. The van der Waals surface area contributed by atoms with E-state index in [1.165, 1.54) is 6.26 Å². The maximum Gasteiger partial charge on any atom is 0.298 e. The lowest BCUT2D eigenvalue weighted by atomic mass is 10.1. The Morgan fingerprint density at radius 2 is 2.20 bits per heavy atom. The molecular weight excluding hydrogens is 270 g/mol. The van der Waals surface area contributed by atoms with Gasteiger partial charge < -0.3 is 9.73 Å². The second-order valence-electron chi connectivity index (χ2n) is 4.37. The molecule has 1 aromatic carbocycles. The van der Waals surface area contributed by atoms with Crippen LogP contribution in [0.25, 0.3) is 0 Å². The Morgan fingerprint density at radius 3 is 2.80 bits per heavy atom. The Bertz CT molecular complexity index is 614. The first kappa shape index (κ1) is 14.0. The van der Waals surface area contributed by atoms with E-state index in [1.807, 2.05) is 0 Å². The quantitative estimate of drug-likeness (QED) is 0.673. The number of benzene rings is 1. The van der Waals surface area contributed by atoms with Crippen molar-refractivity contribution in [3.8, 4) is 0 Å².